The van der Waals surface area contributed by atoms with Crippen LogP contribution in [0.3, 0.4) is 0 Å². The molecule has 27 heavy (non-hydrogen) atoms. The Bertz CT molecular complexity index is 804. The molecule has 7 heteroatoms. The molecule has 0 atom stereocenters. The minimum Gasteiger partial charge on any atom is -0.462 e. The molecule has 0 saturated heterocycles. The van der Waals surface area contributed by atoms with Crippen molar-refractivity contribution in [3.8, 4) is 5.75 Å². The molecule has 0 aromatic heterocycles. The molecule has 0 heterocycles. The molecular weight excluding hydrogens is 361 g/mol. The van der Waals surface area contributed by atoms with Crippen molar-refractivity contribution in [2.24, 2.45) is 0 Å². The predicted octanol–water partition coefficient (Wildman–Crippen LogP) is 5.06. The van der Waals surface area contributed by atoms with E-state index in [1.807, 2.05) is 0 Å². The zero-order valence-corrected chi connectivity index (χ0v) is 14.8. The van der Waals surface area contributed by atoms with Gasteiger partial charge in [0.25, 0.3) is 0 Å². The van der Waals surface area contributed by atoms with Crippen LogP contribution < -0.4 is 4.74 Å². The molecule has 0 fully saturated rings. The summed E-state index contributed by atoms with van der Waals surface area (Å²) in [5.41, 5.74) is 0.264. The minimum absolute atomic E-state index is 0.0126. The Morgan fingerprint density at radius 3 is 2.07 bits per heavy atom. The van der Waals surface area contributed by atoms with Crippen molar-refractivity contribution in [1.29, 1.82) is 0 Å². The van der Waals surface area contributed by atoms with Crippen LogP contribution in [0.15, 0.2) is 36.4 Å². The van der Waals surface area contributed by atoms with Gasteiger partial charge in [0, 0.05) is 0 Å². The third kappa shape index (κ3) is 5.57. The topological polar surface area (TPSA) is 52.6 Å². The van der Waals surface area contributed by atoms with Crippen molar-refractivity contribution in [1.82, 2.24) is 0 Å². The average Bonchev–Trinajstić information content (AvgIpc) is 2.68. The monoisotopic (exact) mass is 380 g/mol. The summed E-state index contributed by atoms with van der Waals surface area (Å²) in [6.07, 6.45) is 3.92. The van der Waals surface area contributed by atoms with Crippen LogP contribution >= 0.6 is 0 Å². The Hall–Kier alpha value is -2.83. The van der Waals surface area contributed by atoms with Crippen molar-refractivity contribution in [2.45, 2.75) is 32.6 Å². The highest BCUT2D eigenvalue weighted by molar-refractivity contribution is 5.94. The van der Waals surface area contributed by atoms with Gasteiger partial charge in [-0.25, -0.2) is 18.4 Å². The first-order valence-corrected chi connectivity index (χ1v) is 8.57. The van der Waals surface area contributed by atoms with Crippen LogP contribution in [0.4, 0.5) is 13.2 Å². The molecule has 0 spiro atoms. The second kappa shape index (κ2) is 9.75. The summed E-state index contributed by atoms with van der Waals surface area (Å²) in [5.74, 6) is -6.92. The maximum Gasteiger partial charge on any atom is 0.343 e. The highest BCUT2D eigenvalue weighted by Gasteiger charge is 2.18. The Morgan fingerprint density at radius 2 is 1.44 bits per heavy atom. The third-order valence-electron chi connectivity index (χ3n) is 3.79. The van der Waals surface area contributed by atoms with Crippen LogP contribution in [-0.2, 0) is 4.74 Å². The van der Waals surface area contributed by atoms with Gasteiger partial charge in [-0.3, -0.25) is 0 Å². The van der Waals surface area contributed by atoms with Crippen LogP contribution in [0.1, 0.15) is 53.3 Å². The lowest BCUT2D eigenvalue weighted by Crippen LogP contribution is -2.11. The maximum absolute atomic E-state index is 13.6. The summed E-state index contributed by atoms with van der Waals surface area (Å²) in [6.45, 7) is 2.40. The molecule has 0 aliphatic rings. The van der Waals surface area contributed by atoms with Crippen molar-refractivity contribution in [3.05, 3.63) is 65.0 Å². The number of carbonyl (C=O) groups is 2. The van der Waals surface area contributed by atoms with Crippen LogP contribution in [0.25, 0.3) is 0 Å². The van der Waals surface area contributed by atoms with E-state index in [0.29, 0.717) is 12.7 Å². The zero-order valence-electron chi connectivity index (χ0n) is 14.8. The Balaban J connectivity index is 1.95. The Morgan fingerprint density at radius 1 is 0.815 bits per heavy atom. The van der Waals surface area contributed by atoms with Crippen molar-refractivity contribution in [3.63, 3.8) is 0 Å². The van der Waals surface area contributed by atoms with Crippen LogP contribution in [0.5, 0.6) is 5.75 Å². The van der Waals surface area contributed by atoms with E-state index in [-0.39, 0.29) is 11.1 Å². The van der Waals surface area contributed by atoms with Crippen molar-refractivity contribution in [2.75, 3.05) is 6.61 Å². The first-order chi connectivity index (χ1) is 12.9. The molecule has 0 aliphatic carbocycles. The molecule has 4 nitrogen and oxygen atoms in total. The number of hydrogen-bond acceptors (Lipinski definition) is 4. The molecule has 2 aromatic carbocycles. The molecule has 0 N–H and O–H groups in total. The zero-order chi connectivity index (χ0) is 19.8. The van der Waals surface area contributed by atoms with Crippen LogP contribution in [-0.4, -0.2) is 18.5 Å². The summed E-state index contributed by atoms with van der Waals surface area (Å²) in [4.78, 5) is 23.9. The number of esters is 2. The van der Waals surface area contributed by atoms with Crippen molar-refractivity contribution < 1.29 is 32.2 Å². The molecule has 0 aliphatic heterocycles. The number of ether oxygens (including phenoxy) is 2. The van der Waals surface area contributed by atoms with Crippen LogP contribution in [0.2, 0.25) is 0 Å². The highest BCUT2D eigenvalue weighted by atomic mass is 19.2. The Kier molecular flexibility index (Phi) is 7.40. The summed E-state index contributed by atoms with van der Waals surface area (Å²) in [6, 6.07) is 6.80. The smallest absolute Gasteiger partial charge is 0.343 e. The number of halogens is 3. The molecule has 144 valence electrons. The van der Waals surface area contributed by atoms with Gasteiger partial charge < -0.3 is 9.47 Å². The van der Waals surface area contributed by atoms with Gasteiger partial charge in [-0.2, -0.15) is 4.39 Å². The molecule has 0 saturated carbocycles. The fourth-order valence-electron chi connectivity index (χ4n) is 2.27. The lowest BCUT2D eigenvalue weighted by Gasteiger charge is -2.07. The normalized spacial score (nSPS) is 10.5. The fraction of sp³-hybridized carbons (Fsp3) is 0.300. The summed E-state index contributed by atoms with van der Waals surface area (Å²) < 4.78 is 49.5. The van der Waals surface area contributed by atoms with E-state index in [2.05, 4.69) is 6.92 Å². The minimum atomic E-state index is -1.72. The second-order valence-electron chi connectivity index (χ2n) is 5.84. The summed E-state index contributed by atoms with van der Waals surface area (Å²) >= 11 is 0. The third-order valence-corrected chi connectivity index (χ3v) is 3.79. The van der Waals surface area contributed by atoms with Gasteiger partial charge in [-0.05, 0) is 42.8 Å². The number of benzene rings is 2. The van der Waals surface area contributed by atoms with E-state index in [1.54, 1.807) is 0 Å². The molecule has 2 rings (SSSR count). The van der Waals surface area contributed by atoms with Gasteiger partial charge in [0.2, 0.25) is 5.82 Å². The van der Waals surface area contributed by atoms with Gasteiger partial charge in [0.05, 0.1) is 17.7 Å². The summed E-state index contributed by atoms with van der Waals surface area (Å²) in [7, 11) is 0. The van der Waals surface area contributed by atoms with E-state index < -0.39 is 35.1 Å². The largest absolute Gasteiger partial charge is 0.462 e. The first-order valence-electron chi connectivity index (χ1n) is 8.57. The Labute approximate surface area is 154 Å². The van der Waals surface area contributed by atoms with Gasteiger partial charge in [-0.15, -0.1) is 0 Å². The maximum atomic E-state index is 13.6. The number of carbonyl (C=O) groups excluding carboxylic acids is 2. The predicted molar refractivity (Wildman–Crippen MR) is 92.1 cm³/mol. The van der Waals surface area contributed by atoms with Crippen LogP contribution in [0, 0.1) is 17.5 Å². The number of hydrogen-bond donors (Lipinski definition) is 0. The van der Waals surface area contributed by atoms with Gasteiger partial charge >= 0.3 is 11.9 Å². The average molecular weight is 380 g/mol. The molecule has 0 amide bonds. The van der Waals surface area contributed by atoms with Gasteiger partial charge in [0.1, 0.15) is 0 Å². The van der Waals surface area contributed by atoms with E-state index >= 15 is 0 Å². The quantitative estimate of drug-likeness (QED) is 0.278. The molecular formula is C20H19F3O4. The molecule has 0 radical (unpaired) electrons. The SMILES string of the molecule is CCCCCCOC(=O)c1ccc(C(=O)Oc2ccc(F)c(F)c2F)cc1. The van der Waals surface area contributed by atoms with Gasteiger partial charge in [-0.1, -0.05) is 26.2 Å². The standard InChI is InChI=1S/C20H19F3O4/c1-2-3-4-5-12-26-19(24)13-6-8-14(9-7-13)20(25)27-16-11-10-15(21)17(22)18(16)23/h6-11H,2-5,12H2,1H3. The first kappa shape index (κ1) is 20.5. The highest BCUT2D eigenvalue weighted by Crippen LogP contribution is 2.23. The van der Waals surface area contributed by atoms with E-state index in [9.17, 15) is 22.8 Å². The number of unbranched alkanes of at least 4 members (excludes halogenated alkanes) is 3. The second-order valence-corrected chi connectivity index (χ2v) is 5.84. The fourth-order valence-corrected chi connectivity index (χ4v) is 2.27. The van der Waals surface area contributed by atoms with Crippen molar-refractivity contribution >= 4 is 11.9 Å². The van der Waals surface area contributed by atoms with E-state index in [4.69, 9.17) is 9.47 Å². The van der Waals surface area contributed by atoms with Gasteiger partial charge in [0.15, 0.2) is 17.4 Å². The molecule has 0 unspecified atom stereocenters. The van der Waals surface area contributed by atoms with E-state index in [0.717, 1.165) is 31.7 Å². The lowest BCUT2D eigenvalue weighted by molar-refractivity contribution is 0.0497. The summed E-state index contributed by atoms with van der Waals surface area (Å²) in [5, 5.41) is 0. The number of rotatable bonds is 8. The lowest BCUT2D eigenvalue weighted by atomic mass is 10.1. The molecule has 2 aromatic rings. The molecule has 0 bridgehead atoms. The van der Waals surface area contributed by atoms with E-state index in [1.165, 1.54) is 24.3 Å².